The molecule has 0 saturated carbocycles. The summed E-state index contributed by atoms with van der Waals surface area (Å²) >= 11 is 0.713. The van der Waals surface area contributed by atoms with Gasteiger partial charge in [-0.05, 0) is 6.07 Å². The lowest BCUT2D eigenvalue weighted by Crippen LogP contribution is -2.51. The molecule has 1 aromatic heterocycles. The van der Waals surface area contributed by atoms with Gasteiger partial charge in [0.1, 0.15) is 5.82 Å². The number of benzene rings is 1. The molecule has 1 amide bonds. The maximum Gasteiger partial charge on any atom is 0.422 e. The summed E-state index contributed by atoms with van der Waals surface area (Å²) < 4.78 is 98.1. The second-order valence-corrected chi connectivity index (χ2v) is 9.67. The fourth-order valence-electron chi connectivity index (χ4n) is 2.87. The largest absolute Gasteiger partial charge is 0.468 e. The number of piperazine rings is 1. The lowest BCUT2D eigenvalue weighted by atomic mass is 10.2. The number of aromatic nitrogens is 2. The van der Waals surface area contributed by atoms with Gasteiger partial charge in [0, 0.05) is 43.6 Å². The first-order valence-electron chi connectivity index (χ1n) is 9.74. The van der Waals surface area contributed by atoms with E-state index in [1.54, 1.807) is 0 Å². The van der Waals surface area contributed by atoms with Gasteiger partial charge >= 0.3 is 22.5 Å². The Balaban J connectivity index is 1.79. The Hall–Kier alpha value is -2.92. The van der Waals surface area contributed by atoms with Crippen molar-refractivity contribution >= 4 is 33.9 Å². The van der Waals surface area contributed by atoms with Gasteiger partial charge in [0.2, 0.25) is 5.88 Å². The van der Waals surface area contributed by atoms with Gasteiger partial charge in [0.25, 0.3) is 0 Å². The molecule has 35 heavy (non-hydrogen) atoms. The second-order valence-electron chi connectivity index (χ2n) is 7.06. The highest BCUT2D eigenvalue weighted by atomic mass is 32.2. The van der Waals surface area contributed by atoms with Crippen molar-refractivity contribution in [2.75, 3.05) is 37.5 Å². The van der Waals surface area contributed by atoms with Crippen molar-refractivity contribution in [2.45, 2.75) is 17.1 Å². The minimum absolute atomic E-state index is 0.0707. The summed E-state index contributed by atoms with van der Waals surface area (Å²) in [7, 11) is -4.26. The molecule has 1 aliphatic rings. The van der Waals surface area contributed by atoms with Crippen molar-refractivity contribution in [3.05, 3.63) is 41.5 Å². The summed E-state index contributed by atoms with van der Waals surface area (Å²) in [4.78, 5) is 19.7. The molecule has 192 valence electrons. The zero-order valence-electron chi connectivity index (χ0n) is 17.6. The van der Waals surface area contributed by atoms with E-state index < -0.39 is 52.4 Å². The summed E-state index contributed by atoms with van der Waals surface area (Å²) in [5.41, 5.74) is -0.0707. The molecule has 0 bridgehead atoms. The summed E-state index contributed by atoms with van der Waals surface area (Å²) in [5.74, 6) is -3.46. The minimum atomic E-state index is -4.70. The van der Waals surface area contributed by atoms with Crippen molar-refractivity contribution < 1.29 is 45.0 Å². The molecule has 1 aliphatic heterocycles. The van der Waals surface area contributed by atoms with Crippen LogP contribution in [0, 0.1) is 11.6 Å². The number of nitrogens with one attached hydrogen (secondary N) is 1. The molecule has 2 heterocycles. The SMILES string of the molecule is O=C(O)N1CCN(S(=O)(=O)Nc2cc(OCC(F)(F)F)nc(SCc3cccc(F)c3F)n2)CC1. The van der Waals surface area contributed by atoms with E-state index in [0.29, 0.717) is 11.8 Å². The van der Waals surface area contributed by atoms with Crippen molar-refractivity contribution in [1.82, 2.24) is 19.2 Å². The van der Waals surface area contributed by atoms with E-state index in [4.69, 9.17) is 5.11 Å². The first-order valence-corrected chi connectivity index (χ1v) is 12.2. The van der Waals surface area contributed by atoms with Crippen LogP contribution in [0.2, 0.25) is 0 Å². The number of rotatable bonds is 8. The zero-order chi connectivity index (χ0) is 25.8. The lowest BCUT2D eigenvalue weighted by Gasteiger charge is -2.32. The molecule has 0 radical (unpaired) electrons. The maximum atomic E-state index is 13.9. The van der Waals surface area contributed by atoms with E-state index in [1.165, 1.54) is 12.1 Å². The van der Waals surface area contributed by atoms with Gasteiger partial charge in [-0.3, -0.25) is 4.72 Å². The Bertz CT molecular complexity index is 1180. The van der Waals surface area contributed by atoms with Crippen LogP contribution in [0.1, 0.15) is 5.56 Å². The number of hydrogen-bond acceptors (Lipinski definition) is 7. The Morgan fingerprint density at radius 2 is 1.86 bits per heavy atom. The summed E-state index contributed by atoms with van der Waals surface area (Å²) in [6.07, 6.45) is -5.90. The van der Waals surface area contributed by atoms with Crippen molar-refractivity contribution in [3.63, 3.8) is 0 Å². The highest BCUT2D eigenvalue weighted by Crippen LogP contribution is 2.27. The molecule has 1 saturated heterocycles. The Labute approximate surface area is 200 Å². The fraction of sp³-hybridized carbons (Fsp3) is 0.389. The number of nitrogens with zero attached hydrogens (tertiary/aromatic N) is 4. The average Bonchev–Trinajstić information content (AvgIpc) is 2.78. The molecule has 0 unspecified atom stereocenters. The molecule has 0 aliphatic carbocycles. The predicted octanol–water partition coefficient (Wildman–Crippen LogP) is 2.94. The molecule has 0 atom stereocenters. The number of amides is 1. The van der Waals surface area contributed by atoms with E-state index in [2.05, 4.69) is 19.4 Å². The first kappa shape index (κ1) is 26.7. The maximum absolute atomic E-state index is 13.9. The molecule has 2 N–H and O–H groups in total. The topological polar surface area (TPSA) is 125 Å². The van der Waals surface area contributed by atoms with E-state index in [-0.39, 0.29) is 42.7 Å². The number of carboxylic acid groups (broad SMARTS) is 1. The Kier molecular flexibility index (Phi) is 8.22. The van der Waals surface area contributed by atoms with Gasteiger partial charge in [0.15, 0.2) is 23.4 Å². The summed E-state index contributed by atoms with van der Waals surface area (Å²) in [6.45, 7) is -2.20. The molecule has 17 heteroatoms. The fourth-order valence-corrected chi connectivity index (χ4v) is 4.84. The monoisotopic (exact) mass is 543 g/mol. The first-order chi connectivity index (χ1) is 16.3. The molecule has 3 rings (SSSR count). The average molecular weight is 543 g/mol. The van der Waals surface area contributed by atoms with Gasteiger partial charge < -0.3 is 14.7 Å². The van der Waals surface area contributed by atoms with Crippen LogP contribution in [-0.2, 0) is 16.0 Å². The van der Waals surface area contributed by atoms with Crippen LogP contribution >= 0.6 is 11.8 Å². The number of carbonyl (C=O) groups is 1. The molecule has 1 aromatic carbocycles. The highest BCUT2D eigenvalue weighted by molar-refractivity contribution is 7.98. The zero-order valence-corrected chi connectivity index (χ0v) is 19.3. The third-order valence-electron chi connectivity index (χ3n) is 4.54. The summed E-state index contributed by atoms with van der Waals surface area (Å²) in [6, 6.07) is 4.30. The normalized spacial score (nSPS) is 15.2. The molecule has 0 spiro atoms. The van der Waals surface area contributed by atoms with Crippen LogP contribution in [-0.4, -0.2) is 77.8 Å². The van der Waals surface area contributed by atoms with E-state index in [9.17, 15) is 35.2 Å². The van der Waals surface area contributed by atoms with Gasteiger partial charge in [-0.15, -0.1) is 0 Å². The standard InChI is InChI=1S/C18H18F5N5O5S2/c19-12-3-1-2-11(15(12)20)9-34-16-24-13(8-14(25-16)33-10-18(21,22)23)26-35(31,32)28-6-4-27(5-7-28)17(29)30/h1-3,8H,4-7,9-10H2,(H,29,30)(H,24,25,26). The van der Waals surface area contributed by atoms with E-state index in [0.717, 1.165) is 21.3 Å². The van der Waals surface area contributed by atoms with Gasteiger partial charge in [-0.25, -0.2) is 18.6 Å². The number of ether oxygens (including phenoxy) is 1. The Morgan fingerprint density at radius 3 is 2.49 bits per heavy atom. The Morgan fingerprint density at radius 1 is 1.17 bits per heavy atom. The third-order valence-corrected chi connectivity index (χ3v) is 6.94. The van der Waals surface area contributed by atoms with Gasteiger partial charge in [-0.2, -0.15) is 30.9 Å². The second kappa shape index (κ2) is 10.8. The smallest absolute Gasteiger partial charge is 0.422 e. The molecule has 10 nitrogen and oxygen atoms in total. The van der Waals surface area contributed by atoms with Gasteiger partial charge in [0.05, 0.1) is 0 Å². The van der Waals surface area contributed by atoms with E-state index >= 15 is 0 Å². The number of hydrogen-bond donors (Lipinski definition) is 2. The van der Waals surface area contributed by atoms with Crippen molar-refractivity contribution in [2.24, 2.45) is 0 Å². The lowest BCUT2D eigenvalue weighted by molar-refractivity contribution is -0.154. The van der Waals surface area contributed by atoms with Crippen LogP contribution in [0.5, 0.6) is 5.88 Å². The summed E-state index contributed by atoms with van der Waals surface area (Å²) in [5, 5.41) is 8.72. The van der Waals surface area contributed by atoms with Crippen LogP contribution in [0.3, 0.4) is 0 Å². The number of halogens is 5. The third kappa shape index (κ3) is 7.53. The molecular weight excluding hydrogens is 525 g/mol. The quantitative estimate of drug-likeness (QED) is 0.296. The predicted molar refractivity (Wildman–Crippen MR) is 113 cm³/mol. The molecular formula is C18H18F5N5O5S2. The highest BCUT2D eigenvalue weighted by Gasteiger charge is 2.31. The molecule has 1 fully saturated rings. The number of thioether (sulfide) groups is 1. The van der Waals surface area contributed by atoms with Crippen LogP contribution in [0.25, 0.3) is 0 Å². The molecule has 2 aromatic rings. The van der Waals surface area contributed by atoms with Crippen LogP contribution < -0.4 is 9.46 Å². The van der Waals surface area contributed by atoms with E-state index in [1.807, 2.05) is 0 Å². The van der Waals surface area contributed by atoms with Gasteiger partial charge in [-0.1, -0.05) is 23.9 Å². The van der Waals surface area contributed by atoms with Crippen LogP contribution in [0.15, 0.2) is 29.4 Å². The van der Waals surface area contributed by atoms with Crippen LogP contribution in [0.4, 0.5) is 32.6 Å². The number of anilines is 1. The van der Waals surface area contributed by atoms with Crippen molar-refractivity contribution in [1.29, 1.82) is 0 Å². The minimum Gasteiger partial charge on any atom is -0.468 e. The van der Waals surface area contributed by atoms with Crippen molar-refractivity contribution in [3.8, 4) is 5.88 Å². The number of alkyl halides is 3.